The van der Waals surface area contributed by atoms with Crippen LogP contribution in [0.1, 0.15) is 23.6 Å². The Kier molecular flexibility index (Phi) is 9.72. The standard InChI is InChI=1S/C28H32ClN3O4S/c1-4-30-28(34)26(18-22-13-6-5-7-14-22)31(19-23-15-9-8-12-21(23)2)27(33)20-32(37(3,35)36)25-17-11-10-16-24(25)29/h5-17,26H,4,18-20H2,1-3H3,(H,30,34)/t26-/m0/s1. The quantitative estimate of drug-likeness (QED) is 0.394. The fourth-order valence-corrected chi connectivity index (χ4v) is 5.22. The van der Waals surface area contributed by atoms with Crippen LogP contribution < -0.4 is 9.62 Å². The van der Waals surface area contributed by atoms with Crippen molar-refractivity contribution in [2.75, 3.05) is 23.7 Å². The fraction of sp³-hybridized carbons (Fsp3) is 0.286. The Morgan fingerprint density at radius 3 is 2.19 bits per heavy atom. The van der Waals surface area contributed by atoms with E-state index in [1.54, 1.807) is 24.3 Å². The number of halogens is 1. The molecule has 9 heteroatoms. The molecule has 0 heterocycles. The molecule has 3 aromatic carbocycles. The maximum atomic E-state index is 13.9. The number of para-hydroxylation sites is 1. The first-order chi connectivity index (χ1) is 17.6. The molecule has 0 aromatic heterocycles. The normalized spacial score (nSPS) is 12.0. The summed E-state index contributed by atoms with van der Waals surface area (Å²) in [6.45, 7) is 3.78. The van der Waals surface area contributed by atoms with Crippen LogP contribution in [0.3, 0.4) is 0 Å². The third-order valence-corrected chi connectivity index (χ3v) is 7.47. The number of hydrogen-bond acceptors (Lipinski definition) is 4. The molecule has 0 radical (unpaired) electrons. The molecular weight excluding hydrogens is 510 g/mol. The van der Waals surface area contributed by atoms with E-state index in [2.05, 4.69) is 5.32 Å². The number of carbonyl (C=O) groups excluding carboxylic acids is 2. The van der Waals surface area contributed by atoms with Crippen LogP contribution in [0.25, 0.3) is 0 Å². The summed E-state index contributed by atoms with van der Waals surface area (Å²) >= 11 is 6.31. The molecule has 3 aromatic rings. The topological polar surface area (TPSA) is 86.8 Å². The zero-order valence-corrected chi connectivity index (χ0v) is 22.8. The summed E-state index contributed by atoms with van der Waals surface area (Å²) in [7, 11) is -3.86. The molecule has 37 heavy (non-hydrogen) atoms. The minimum absolute atomic E-state index is 0.139. The van der Waals surface area contributed by atoms with E-state index in [0.717, 1.165) is 27.3 Å². The minimum atomic E-state index is -3.86. The summed E-state index contributed by atoms with van der Waals surface area (Å²) in [6.07, 6.45) is 1.30. The average Bonchev–Trinajstić information content (AvgIpc) is 2.86. The molecular formula is C28H32ClN3O4S. The Balaban J connectivity index is 2.06. The number of rotatable bonds is 11. The van der Waals surface area contributed by atoms with Crippen molar-refractivity contribution in [2.24, 2.45) is 0 Å². The number of aryl methyl sites for hydroxylation is 1. The molecule has 0 unspecified atom stereocenters. The van der Waals surface area contributed by atoms with Gasteiger partial charge in [0.15, 0.2) is 0 Å². The van der Waals surface area contributed by atoms with E-state index in [9.17, 15) is 18.0 Å². The van der Waals surface area contributed by atoms with Crippen molar-refractivity contribution in [3.63, 3.8) is 0 Å². The number of benzene rings is 3. The van der Waals surface area contributed by atoms with E-state index >= 15 is 0 Å². The van der Waals surface area contributed by atoms with Gasteiger partial charge in [-0.15, -0.1) is 0 Å². The van der Waals surface area contributed by atoms with Gasteiger partial charge in [0.2, 0.25) is 21.8 Å². The van der Waals surface area contributed by atoms with Gasteiger partial charge in [0.05, 0.1) is 17.0 Å². The minimum Gasteiger partial charge on any atom is -0.355 e. The second-order valence-corrected chi connectivity index (χ2v) is 11.1. The van der Waals surface area contributed by atoms with Crippen molar-refractivity contribution in [3.8, 4) is 0 Å². The summed E-state index contributed by atoms with van der Waals surface area (Å²) in [4.78, 5) is 28.7. The number of carbonyl (C=O) groups is 2. The number of sulfonamides is 1. The van der Waals surface area contributed by atoms with Crippen LogP contribution in [0.5, 0.6) is 0 Å². The lowest BCUT2D eigenvalue weighted by molar-refractivity contribution is -0.140. The van der Waals surface area contributed by atoms with E-state index in [-0.39, 0.29) is 29.6 Å². The summed E-state index contributed by atoms with van der Waals surface area (Å²) in [5, 5.41) is 3.04. The third-order valence-electron chi connectivity index (χ3n) is 6.02. The number of hydrogen-bond donors (Lipinski definition) is 1. The summed E-state index contributed by atoms with van der Waals surface area (Å²) < 4.78 is 26.5. The molecule has 1 atom stereocenters. The monoisotopic (exact) mass is 541 g/mol. The zero-order chi connectivity index (χ0) is 27.0. The molecule has 0 fully saturated rings. The molecule has 0 aliphatic heterocycles. The van der Waals surface area contributed by atoms with Crippen LogP contribution in [0, 0.1) is 6.92 Å². The molecule has 0 bridgehead atoms. The lowest BCUT2D eigenvalue weighted by Crippen LogP contribution is -2.53. The Hall–Kier alpha value is -3.36. The van der Waals surface area contributed by atoms with Crippen molar-refractivity contribution >= 4 is 39.1 Å². The highest BCUT2D eigenvalue weighted by Crippen LogP contribution is 2.28. The van der Waals surface area contributed by atoms with E-state index in [0.29, 0.717) is 6.54 Å². The molecule has 0 aliphatic carbocycles. The highest BCUT2D eigenvalue weighted by molar-refractivity contribution is 7.92. The van der Waals surface area contributed by atoms with Gasteiger partial charge in [-0.05, 0) is 42.7 Å². The summed E-state index contributed by atoms with van der Waals surface area (Å²) in [5.41, 5.74) is 2.91. The predicted octanol–water partition coefficient (Wildman–Crippen LogP) is 4.19. The fourth-order valence-electron chi connectivity index (χ4n) is 4.07. The molecule has 2 amide bonds. The Morgan fingerprint density at radius 2 is 1.57 bits per heavy atom. The van der Waals surface area contributed by atoms with Gasteiger partial charge in [0.25, 0.3) is 0 Å². The van der Waals surface area contributed by atoms with Crippen molar-refractivity contribution in [2.45, 2.75) is 32.9 Å². The maximum Gasteiger partial charge on any atom is 0.244 e. The lowest BCUT2D eigenvalue weighted by atomic mass is 10.0. The summed E-state index contributed by atoms with van der Waals surface area (Å²) in [6, 6.07) is 22.6. The Labute approximate surface area is 224 Å². The molecule has 0 saturated heterocycles. The number of nitrogens with one attached hydrogen (secondary N) is 1. The maximum absolute atomic E-state index is 13.9. The number of likely N-dealkylation sites (N-methyl/N-ethyl adjacent to an activating group) is 1. The molecule has 1 N–H and O–H groups in total. The SMILES string of the molecule is CCNC(=O)[C@H](Cc1ccccc1)N(Cc1ccccc1C)C(=O)CN(c1ccccc1Cl)S(C)(=O)=O. The largest absolute Gasteiger partial charge is 0.355 e. The number of anilines is 1. The van der Waals surface area contributed by atoms with Gasteiger partial charge in [0.1, 0.15) is 12.6 Å². The summed E-state index contributed by atoms with van der Waals surface area (Å²) in [5.74, 6) is -0.822. The highest BCUT2D eigenvalue weighted by Gasteiger charge is 2.33. The van der Waals surface area contributed by atoms with Crippen molar-refractivity contribution in [3.05, 3.63) is 101 Å². The average molecular weight is 542 g/mol. The number of nitrogens with zero attached hydrogens (tertiary/aromatic N) is 2. The zero-order valence-electron chi connectivity index (χ0n) is 21.2. The first-order valence-electron chi connectivity index (χ1n) is 12.0. The van der Waals surface area contributed by atoms with Gasteiger partial charge in [0, 0.05) is 19.5 Å². The lowest BCUT2D eigenvalue weighted by Gasteiger charge is -2.34. The van der Waals surface area contributed by atoms with Crippen molar-refractivity contribution in [1.29, 1.82) is 0 Å². The van der Waals surface area contributed by atoms with Gasteiger partial charge in [-0.3, -0.25) is 13.9 Å². The molecule has 0 spiro atoms. The Bertz CT molecular complexity index is 1330. The van der Waals surface area contributed by atoms with Crippen molar-refractivity contribution < 1.29 is 18.0 Å². The van der Waals surface area contributed by atoms with E-state index in [1.807, 2.05) is 68.4 Å². The van der Waals surface area contributed by atoms with Gasteiger partial charge < -0.3 is 10.2 Å². The first-order valence-corrected chi connectivity index (χ1v) is 14.2. The molecule has 7 nitrogen and oxygen atoms in total. The molecule has 3 rings (SSSR count). The third kappa shape index (κ3) is 7.57. The van der Waals surface area contributed by atoms with Crippen LogP contribution in [-0.2, 0) is 32.6 Å². The van der Waals surface area contributed by atoms with Gasteiger partial charge >= 0.3 is 0 Å². The van der Waals surface area contributed by atoms with Gasteiger partial charge in [-0.25, -0.2) is 8.42 Å². The van der Waals surface area contributed by atoms with Crippen LogP contribution in [0.15, 0.2) is 78.9 Å². The second kappa shape index (κ2) is 12.7. The van der Waals surface area contributed by atoms with Gasteiger partial charge in [-0.1, -0.05) is 78.3 Å². The second-order valence-electron chi connectivity index (χ2n) is 8.77. The first kappa shape index (κ1) is 28.2. The predicted molar refractivity (Wildman–Crippen MR) is 148 cm³/mol. The molecule has 0 saturated carbocycles. The smallest absolute Gasteiger partial charge is 0.244 e. The number of amides is 2. The highest BCUT2D eigenvalue weighted by atomic mass is 35.5. The van der Waals surface area contributed by atoms with E-state index in [4.69, 9.17) is 11.6 Å². The van der Waals surface area contributed by atoms with Crippen LogP contribution in [0.4, 0.5) is 5.69 Å². The van der Waals surface area contributed by atoms with Crippen LogP contribution >= 0.6 is 11.6 Å². The van der Waals surface area contributed by atoms with Crippen molar-refractivity contribution in [1.82, 2.24) is 10.2 Å². The van der Waals surface area contributed by atoms with Crippen LogP contribution in [-0.4, -0.2) is 50.5 Å². The molecule has 0 aliphatic rings. The molecule has 196 valence electrons. The van der Waals surface area contributed by atoms with E-state index in [1.165, 1.54) is 4.90 Å². The van der Waals surface area contributed by atoms with Gasteiger partial charge in [-0.2, -0.15) is 0 Å². The van der Waals surface area contributed by atoms with Crippen LogP contribution in [0.2, 0.25) is 5.02 Å². The Morgan fingerprint density at radius 1 is 0.946 bits per heavy atom. The van der Waals surface area contributed by atoms with E-state index < -0.39 is 28.5 Å².